The number of hydrogen-bond acceptors (Lipinski definition) is 4. The van der Waals surface area contributed by atoms with E-state index in [0.717, 1.165) is 35.2 Å². The Morgan fingerprint density at radius 1 is 0.915 bits per heavy atom. The quantitative estimate of drug-likeness (QED) is 0.161. The molecule has 0 aliphatic heterocycles. The fraction of sp³-hybridized carbons (Fsp3) is 0.216. The van der Waals surface area contributed by atoms with E-state index in [1.807, 2.05) is 47.0 Å². The molecule has 2 N–H and O–H groups in total. The lowest BCUT2D eigenvalue weighted by Crippen LogP contribution is -2.37. The first-order chi connectivity index (χ1) is 22.6. The van der Waals surface area contributed by atoms with Gasteiger partial charge in [0, 0.05) is 0 Å². The number of alkyl halides is 3. The number of halogens is 3. The summed E-state index contributed by atoms with van der Waals surface area (Å²) >= 11 is 0. The zero-order valence-corrected chi connectivity index (χ0v) is 25.9. The molecule has 240 valence electrons. The summed E-state index contributed by atoms with van der Waals surface area (Å²) in [5, 5.41) is 5.00. The highest BCUT2D eigenvalue weighted by atomic mass is 19.4. The highest BCUT2D eigenvalue weighted by Gasteiger charge is 2.38. The van der Waals surface area contributed by atoms with Gasteiger partial charge in [0.05, 0.1) is 23.4 Å². The normalized spacial score (nSPS) is 13.5. The van der Waals surface area contributed by atoms with E-state index >= 15 is 0 Å². The lowest BCUT2D eigenvalue weighted by Gasteiger charge is -2.21. The third kappa shape index (κ3) is 6.63. The number of rotatable bonds is 10. The van der Waals surface area contributed by atoms with Crippen molar-refractivity contribution < 1.29 is 27.5 Å². The first kappa shape index (κ1) is 31.6. The van der Waals surface area contributed by atoms with Crippen molar-refractivity contribution in [2.24, 2.45) is 0 Å². The van der Waals surface area contributed by atoms with E-state index < -0.39 is 30.5 Å². The number of imidazole rings is 1. The van der Waals surface area contributed by atoms with Crippen LogP contribution in [0.5, 0.6) is 11.5 Å². The number of nitrogens with one attached hydrogen (secondary N) is 2. The molecule has 1 atom stereocenters. The standard InChI is InChI=1S/C37H33F3N4O3/c1-3-4-14-28-30(20-19-27-25-15-8-9-16-26(25)34(33(27)28)36(46)41-22-37(38,39)40)44-21-32(42-23(44)2)43-35(45)29-17-10-11-18-31(29)47-24-12-6-5-7-13-24/h5-13,15-21,34H,3-4,14,22H2,1-2H3,(H,41,46)(H,43,45). The van der Waals surface area contributed by atoms with Gasteiger partial charge in [0.1, 0.15) is 23.9 Å². The van der Waals surface area contributed by atoms with Gasteiger partial charge in [-0.05, 0) is 77.9 Å². The summed E-state index contributed by atoms with van der Waals surface area (Å²) in [6.45, 7) is 2.45. The number of hydrogen-bond donors (Lipinski definition) is 2. The molecule has 7 nitrogen and oxygen atoms in total. The lowest BCUT2D eigenvalue weighted by molar-refractivity contribution is -0.138. The monoisotopic (exact) mass is 638 g/mol. The Labute approximate surface area is 270 Å². The number of amides is 2. The van der Waals surface area contributed by atoms with Crippen LogP contribution in [0.2, 0.25) is 0 Å². The molecule has 5 aromatic rings. The van der Waals surface area contributed by atoms with Crippen molar-refractivity contribution in [3.05, 3.63) is 125 Å². The number of para-hydroxylation sites is 2. The van der Waals surface area contributed by atoms with Gasteiger partial charge in [-0.3, -0.25) is 9.59 Å². The molecular weight excluding hydrogens is 605 g/mol. The number of anilines is 1. The van der Waals surface area contributed by atoms with Crippen molar-refractivity contribution in [1.82, 2.24) is 14.9 Å². The van der Waals surface area contributed by atoms with E-state index in [1.165, 1.54) is 0 Å². The minimum Gasteiger partial charge on any atom is -0.457 e. The molecule has 0 saturated carbocycles. The average molecular weight is 639 g/mol. The second-order valence-corrected chi connectivity index (χ2v) is 11.4. The van der Waals surface area contributed by atoms with E-state index in [1.54, 1.807) is 61.7 Å². The Morgan fingerprint density at radius 2 is 1.64 bits per heavy atom. The molecule has 0 bridgehead atoms. The maximum atomic E-state index is 13.5. The number of aromatic nitrogens is 2. The summed E-state index contributed by atoms with van der Waals surface area (Å²) in [6.07, 6.45) is -0.560. The molecule has 1 aliphatic carbocycles. The van der Waals surface area contributed by atoms with Crippen LogP contribution in [-0.4, -0.2) is 34.1 Å². The largest absolute Gasteiger partial charge is 0.457 e. The minimum atomic E-state index is -4.54. The number of unbranched alkanes of at least 4 members (excludes halogenated alkanes) is 1. The van der Waals surface area contributed by atoms with E-state index in [9.17, 15) is 22.8 Å². The van der Waals surface area contributed by atoms with Gasteiger partial charge in [0.15, 0.2) is 5.82 Å². The molecule has 0 saturated heterocycles. The third-order valence-electron chi connectivity index (χ3n) is 8.17. The zero-order valence-electron chi connectivity index (χ0n) is 25.9. The lowest BCUT2D eigenvalue weighted by atomic mass is 9.88. The molecule has 0 radical (unpaired) electrons. The van der Waals surface area contributed by atoms with Gasteiger partial charge in [-0.1, -0.05) is 74.0 Å². The third-order valence-corrected chi connectivity index (χ3v) is 8.17. The fourth-order valence-corrected chi connectivity index (χ4v) is 6.09. The first-order valence-corrected chi connectivity index (χ1v) is 15.4. The summed E-state index contributed by atoms with van der Waals surface area (Å²) in [7, 11) is 0. The van der Waals surface area contributed by atoms with Crippen LogP contribution >= 0.6 is 0 Å². The second-order valence-electron chi connectivity index (χ2n) is 11.4. The van der Waals surface area contributed by atoms with Gasteiger partial charge >= 0.3 is 6.18 Å². The molecule has 1 aliphatic rings. The van der Waals surface area contributed by atoms with Crippen molar-refractivity contribution in [2.45, 2.75) is 45.2 Å². The van der Waals surface area contributed by atoms with E-state index in [4.69, 9.17) is 4.74 Å². The molecule has 0 spiro atoms. The number of carbonyl (C=O) groups is 2. The zero-order chi connectivity index (χ0) is 33.1. The number of fused-ring (bicyclic) bond motifs is 3. The molecule has 1 unspecified atom stereocenters. The molecule has 10 heteroatoms. The number of carbonyl (C=O) groups excluding carboxylic acids is 2. The SMILES string of the molecule is CCCCc1c(-n2cc(NC(=O)c3ccccc3Oc3ccccc3)nc2C)ccc2c1C(C(=O)NCC(F)(F)F)c1ccccc1-2. The Hall–Kier alpha value is -5.38. The van der Waals surface area contributed by atoms with Crippen molar-refractivity contribution in [2.75, 3.05) is 11.9 Å². The number of aryl methyl sites for hydroxylation is 1. The van der Waals surface area contributed by atoms with E-state index in [-0.39, 0.29) is 0 Å². The highest BCUT2D eigenvalue weighted by molar-refractivity contribution is 6.05. The van der Waals surface area contributed by atoms with Crippen LogP contribution in [0.4, 0.5) is 19.0 Å². The van der Waals surface area contributed by atoms with Crippen LogP contribution in [0.3, 0.4) is 0 Å². The Kier molecular flexibility index (Phi) is 8.84. The van der Waals surface area contributed by atoms with E-state index in [2.05, 4.69) is 22.5 Å². The molecule has 2 amide bonds. The Bertz CT molecular complexity index is 1940. The van der Waals surface area contributed by atoms with Gasteiger partial charge < -0.3 is 19.9 Å². The van der Waals surface area contributed by atoms with Crippen molar-refractivity contribution >= 4 is 17.6 Å². The first-order valence-electron chi connectivity index (χ1n) is 15.4. The molecule has 0 fully saturated rings. The maximum absolute atomic E-state index is 13.5. The van der Waals surface area contributed by atoms with Gasteiger partial charge in [0.2, 0.25) is 5.91 Å². The predicted octanol–water partition coefficient (Wildman–Crippen LogP) is 8.36. The minimum absolute atomic E-state index is 0.312. The number of nitrogens with zero attached hydrogens (tertiary/aromatic N) is 2. The molecule has 47 heavy (non-hydrogen) atoms. The Morgan fingerprint density at radius 3 is 2.40 bits per heavy atom. The summed E-state index contributed by atoms with van der Waals surface area (Å²) in [5.41, 5.74) is 4.95. The van der Waals surface area contributed by atoms with Crippen molar-refractivity contribution in [1.29, 1.82) is 0 Å². The van der Waals surface area contributed by atoms with Crippen LogP contribution in [0, 0.1) is 6.92 Å². The second kappa shape index (κ2) is 13.2. The van der Waals surface area contributed by atoms with Crippen LogP contribution in [0.1, 0.15) is 58.6 Å². The smallest absolute Gasteiger partial charge is 0.405 e. The highest BCUT2D eigenvalue weighted by Crippen LogP contribution is 2.48. The van der Waals surface area contributed by atoms with Crippen LogP contribution in [0.15, 0.2) is 97.2 Å². The van der Waals surface area contributed by atoms with Crippen molar-refractivity contribution in [3.8, 4) is 28.3 Å². The number of benzene rings is 4. The molecule has 4 aromatic carbocycles. The van der Waals surface area contributed by atoms with Crippen molar-refractivity contribution in [3.63, 3.8) is 0 Å². The fourth-order valence-electron chi connectivity index (χ4n) is 6.09. The van der Waals surface area contributed by atoms with Gasteiger partial charge in [-0.15, -0.1) is 0 Å². The molecule has 6 rings (SSSR count). The Balaban J connectivity index is 1.36. The van der Waals surface area contributed by atoms with Crippen LogP contribution < -0.4 is 15.4 Å². The van der Waals surface area contributed by atoms with Gasteiger partial charge in [0.25, 0.3) is 5.91 Å². The summed E-state index contributed by atoms with van der Waals surface area (Å²) < 4.78 is 47.2. The summed E-state index contributed by atoms with van der Waals surface area (Å²) in [6, 6.07) is 27.3. The van der Waals surface area contributed by atoms with E-state index in [0.29, 0.717) is 46.3 Å². The summed E-state index contributed by atoms with van der Waals surface area (Å²) in [4.78, 5) is 31.5. The number of ether oxygens (including phenoxy) is 1. The molecular formula is C37H33F3N4O3. The van der Waals surface area contributed by atoms with Gasteiger partial charge in [-0.2, -0.15) is 13.2 Å². The van der Waals surface area contributed by atoms with Crippen LogP contribution in [-0.2, 0) is 11.2 Å². The average Bonchev–Trinajstić information content (AvgIpc) is 3.59. The predicted molar refractivity (Wildman–Crippen MR) is 174 cm³/mol. The molecule has 1 heterocycles. The molecule has 1 aromatic heterocycles. The maximum Gasteiger partial charge on any atom is 0.405 e. The summed E-state index contributed by atoms with van der Waals surface area (Å²) in [5.74, 6) is -0.126. The topological polar surface area (TPSA) is 85.2 Å². The van der Waals surface area contributed by atoms with Crippen LogP contribution in [0.25, 0.3) is 16.8 Å². The van der Waals surface area contributed by atoms with Gasteiger partial charge in [-0.25, -0.2) is 4.98 Å².